The minimum Gasteiger partial charge on any atom is -0.487 e. The third-order valence-corrected chi connectivity index (χ3v) is 6.55. The molecule has 0 aliphatic carbocycles. The van der Waals surface area contributed by atoms with E-state index in [0.29, 0.717) is 17.9 Å². The predicted octanol–water partition coefficient (Wildman–Crippen LogP) is 5.45. The highest BCUT2D eigenvalue weighted by Crippen LogP contribution is 2.31. The zero-order chi connectivity index (χ0) is 23.5. The lowest BCUT2D eigenvalue weighted by molar-refractivity contribution is -0.122. The first kappa shape index (κ1) is 23.4. The fourth-order valence-electron chi connectivity index (χ4n) is 3.28. The molecule has 3 aromatic rings. The van der Waals surface area contributed by atoms with Gasteiger partial charge in [0.05, 0.1) is 12.8 Å². The molecule has 0 aromatic heterocycles. The summed E-state index contributed by atoms with van der Waals surface area (Å²) in [5.74, 6) is -0.650. The molecule has 0 saturated carbocycles. The number of benzene rings is 3. The molecule has 0 radical (unpaired) electrons. The zero-order valence-corrected chi connectivity index (χ0v) is 21.8. The molecule has 166 valence electrons. The van der Waals surface area contributed by atoms with Gasteiger partial charge in [0, 0.05) is 0 Å². The molecule has 33 heavy (non-hydrogen) atoms. The van der Waals surface area contributed by atoms with Gasteiger partial charge in [0.15, 0.2) is 0 Å². The second kappa shape index (κ2) is 10.0. The number of ether oxygens (including phenoxy) is 1. The maximum absolute atomic E-state index is 13.1. The summed E-state index contributed by atoms with van der Waals surface area (Å²) < 4.78 is 7.69. The molecule has 8 heteroatoms. The first-order valence-electron chi connectivity index (χ1n) is 9.97. The highest BCUT2D eigenvalue weighted by atomic mass is 127. The molecule has 1 aliphatic heterocycles. The van der Waals surface area contributed by atoms with Crippen molar-refractivity contribution in [2.45, 2.75) is 13.5 Å². The number of amides is 4. The van der Waals surface area contributed by atoms with E-state index in [0.717, 1.165) is 28.9 Å². The summed E-state index contributed by atoms with van der Waals surface area (Å²) in [6.45, 7) is 2.34. The Morgan fingerprint density at radius 3 is 2.21 bits per heavy atom. The monoisotopic (exact) mass is 664 g/mol. The fraction of sp³-hybridized carbons (Fsp3) is 0.0800. The quantitative estimate of drug-likeness (QED) is 0.224. The Bertz CT molecular complexity index is 1250. The van der Waals surface area contributed by atoms with Crippen LogP contribution in [0.5, 0.6) is 5.75 Å². The molecular formula is C25H18I2N2O4. The van der Waals surface area contributed by atoms with Crippen molar-refractivity contribution in [3.05, 3.63) is 96.1 Å². The number of hydrogen-bond donors (Lipinski definition) is 1. The van der Waals surface area contributed by atoms with Crippen molar-refractivity contribution in [1.82, 2.24) is 5.32 Å². The van der Waals surface area contributed by atoms with Crippen molar-refractivity contribution in [1.29, 1.82) is 0 Å². The number of nitrogens with zero attached hydrogens (tertiary/aromatic N) is 1. The molecule has 1 saturated heterocycles. The number of carbonyl (C=O) groups excluding carboxylic acids is 3. The molecule has 0 spiro atoms. The molecule has 1 aliphatic rings. The number of carbonyl (C=O) groups is 3. The first-order chi connectivity index (χ1) is 15.8. The van der Waals surface area contributed by atoms with Gasteiger partial charge in [-0.15, -0.1) is 0 Å². The van der Waals surface area contributed by atoms with Crippen LogP contribution in [0.3, 0.4) is 0 Å². The summed E-state index contributed by atoms with van der Waals surface area (Å²) in [6.07, 6.45) is 1.50. The van der Waals surface area contributed by atoms with Crippen molar-refractivity contribution in [2.24, 2.45) is 0 Å². The van der Waals surface area contributed by atoms with Crippen LogP contribution in [0.1, 0.15) is 16.7 Å². The van der Waals surface area contributed by atoms with Crippen LogP contribution in [0.4, 0.5) is 10.5 Å². The van der Waals surface area contributed by atoms with Crippen LogP contribution in [0.25, 0.3) is 6.08 Å². The van der Waals surface area contributed by atoms with Crippen LogP contribution < -0.4 is 15.0 Å². The van der Waals surface area contributed by atoms with E-state index in [9.17, 15) is 14.4 Å². The maximum atomic E-state index is 13.1. The van der Waals surface area contributed by atoms with Gasteiger partial charge < -0.3 is 4.74 Å². The lowest BCUT2D eigenvalue weighted by Crippen LogP contribution is -2.54. The van der Waals surface area contributed by atoms with Gasteiger partial charge in [-0.2, -0.15) is 0 Å². The summed E-state index contributed by atoms with van der Waals surface area (Å²) in [6, 6.07) is 19.7. The van der Waals surface area contributed by atoms with Crippen molar-refractivity contribution >= 4 is 74.8 Å². The fourth-order valence-corrected chi connectivity index (χ4v) is 5.41. The van der Waals surface area contributed by atoms with Gasteiger partial charge in [-0.3, -0.25) is 14.9 Å². The van der Waals surface area contributed by atoms with Crippen LogP contribution in [-0.4, -0.2) is 17.8 Å². The molecule has 6 nitrogen and oxygen atoms in total. The van der Waals surface area contributed by atoms with E-state index in [4.69, 9.17) is 4.74 Å². The number of nitrogens with one attached hydrogen (secondary N) is 1. The Labute approximate surface area is 218 Å². The molecule has 4 amide bonds. The summed E-state index contributed by atoms with van der Waals surface area (Å²) in [5, 5.41) is 2.25. The van der Waals surface area contributed by atoms with E-state index in [1.165, 1.54) is 6.08 Å². The Hall–Kier alpha value is -2.73. The molecule has 1 heterocycles. The lowest BCUT2D eigenvalue weighted by Gasteiger charge is -2.26. The summed E-state index contributed by atoms with van der Waals surface area (Å²) >= 11 is 4.34. The molecular weight excluding hydrogens is 646 g/mol. The molecule has 0 bridgehead atoms. The minimum atomic E-state index is -0.764. The van der Waals surface area contributed by atoms with Gasteiger partial charge in [0.25, 0.3) is 11.8 Å². The normalized spacial score (nSPS) is 15.1. The van der Waals surface area contributed by atoms with E-state index in [2.05, 4.69) is 50.5 Å². The van der Waals surface area contributed by atoms with Crippen molar-refractivity contribution in [3.63, 3.8) is 0 Å². The Balaban J connectivity index is 1.61. The standard InChI is InChI=1S/C25H18I2N2O4/c1-15-7-9-18(10-8-15)29-24(31)19(23(30)28-25(29)32)11-17-12-20(26)22(21(27)13-17)33-14-16-5-3-2-4-6-16/h2-13H,14H2,1H3,(H,28,30,32)/b19-11+. The lowest BCUT2D eigenvalue weighted by atomic mass is 10.1. The van der Waals surface area contributed by atoms with E-state index in [1.807, 2.05) is 49.4 Å². The summed E-state index contributed by atoms with van der Waals surface area (Å²) in [7, 11) is 0. The third kappa shape index (κ3) is 5.27. The highest BCUT2D eigenvalue weighted by Gasteiger charge is 2.36. The number of halogens is 2. The van der Waals surface area contributed by atoms with Gasteiger partial charge in [-0.1, -0.05) is 48.0 Å². The molecule has 3 aromatic carbocycles. The van der Waals surface area contributed by atoms with Crippen LogP contribution in [0.15, 0.2) is 72.3 Å². The van der Waals surface area contributed by atoms with Crippen molar-refractivity contribution in [3.8, 4) is 5.75 Å². The smallest absolute Gasteiger partial charge is 0.335 e. The number of rotatable bonds is 5. The second-order valence-corrected chi connectivity index (χ2v) is 9.71. The second-order valence-electron chi connectivity index (χ2n) is 7.38. The van der Waals surface area contributed by atoms with Crippen LogP contribution >= 0.6 is 45.2 Å². The van der Waals surface area contributed by atoms with Crippen LogP contribution in [0.2, 0.25) is 0 Å². The molecule has 0 atom stereocenters. The van der Waals surface area contributed by atoms with E-state index in [1.54, 1.807) is 24.3 Å². The van der Waals surface area contributed by atoms with Gasteiger partial charge >= 0.3 is 6.03 Å². The molecule has 1 fully saturated rings. The van der Waals surface area contributed by atoms with Crippen molar-refractivity contribution in [2.75, 3.05) is 4.90 Å². The number of hydrogen-bond acceptors (Lipinski definition) is 4. The SMILES string of the molecule is Cc1ccc(N2C(=O)NC(=O)/C(=C\c3cc(I)c(OCc4ccccc4)c(I)c3)C2=O)cc1. The van der Waals surface area contributed by atoms with Gasteiger partial charge in [0.2, 0.25) is 0 Å². The summed E-state index contributed by atoms with van der Waals surface area (Å²) in [5.41, 5.74) is 3.00. The van der Waals surface area contributed by atoms with Gasteiger partial charge in [-0.25, -0.2) is 9.69 Å². The molecule has 0 unspecified atom stereocenters. The topological polar surface area (TPSA) is 75.7 Å². The Kier molecular flexibility index (Phi) is 7.13. The number of aryl methyl sites for hydroxylation is 1. The molecule has 1 N–H and O–H groups in total. The highest BCUT2D eigenvalue weighted by molar-refractivity contribution is 14.1. The van der Waals surface area contributed by atoms with Crippen molar-refractivity contribution < 1.29 is 19.1 Å². The average molecular weight is 664 g/mol. The van der Waals surface area contributed by atoms with E-state index >= 15 is 0 Å². The zero-order valence-electron chi connectivity index (χ0n) is 17.5. The van der Waals surface area contributed by atoms with Crippen LogP contribution in [0, 0.1) is 14.1 Å². The van der Waals surface area contributed by atoms with Gasteiger partial charge in [0.1, 0.15) is 17.9 Å². The average Bonchev–Trinajstić information content (AvgIpc) is 2.78. The minimum absolute atomic E-state index is 0.111. The van der Waals surface area contributed by atoms with Gasteiger partial charge in [-0.05, 0) is 93.6 Å². The Morgan fingerprint density at radius 1 is 0.939 bits per heavy atom. The largest absolute Gasteiger partial charge is 0.487 e. The first-order valence-corrected chi connectivity index (χ1v) is 12.1. The number of imide groups is 2. The maximum Gasteiger partial charge on any atom is 0.335 e. The Morgan fingerprint density at radius 2 is 1.58 bits per heavy atom. The third-order valence-electron chi connectivity index (χ3n) is 4.95. The summed E-state index contributed by atoms with van der Waals surface area (Å²) in [4.78, 5) is 38.9. The number of anilines is 1. The predicted molar refractivity (Wildman–Crippen MR) is 143 cm³/mol. The molecule has 4 rings (SSSR count). The van der Waals surface area contributed by atoms with Crippen LogP contribution in [-0.2, 0) is 16.2 Å². The van der Waals surface area contributed by atoms with E-state index < -0.39 is 17.8 Å². The number of urea groups is 1. The number of barbiturate groups is 1. The van der Waals surface area contributed by atoms with E-state index in [-0.39, 0.29) is 5.57 Å².